The highest BCUT2D eigenvalue weighted by Gasteiger charge is 2.04. The Morgan fingerprint density at radius 2 is 1.79 bits per heavy atom. The molecule has 1 unspecified atom stereocenters. The van der Waals surface area contributed by atoms with E-state index in [1.165, 1.54) is 0 Å². The van der Waals surface area contributed by atoms with Gasteiger partial charge in [0, 0.05) is 20.2 Å². The zero-order valence-electron chi connectivity index (χ0n) is 11.6. The summed E-state index contributed by atoms with van der Waals surface area (Å²) >= 11 is 0. The molecular weight excluding hydrogens is 246 g/mol. The van der Waals surface area contributed by atoms with Gasteiger partial charge in [-0.05, 0) is 31.2 Å². The van der Waals surface area contributed by atoms with Gasteiger partial charge >= 0.3 is 0 Å². The van der Waals surface area contributed by atoms with Crippen LogP contribution in [0.4, 0.5) is 0 Å². The lowest BCUT2D eigenvalue weighted by molar-refractivity contribution is 0.103. The van der Waals surface area contributed by atoms with Crippen molar-refractivity contribution >= 4 is 0 Å². The lowest BCUT2D eigenvalue weighted by Gasteiger charge is -2.13. The lowest BCUT2D eigenvalue weighted by Crippen LogP contribution is -2.33. The van der Waals surface area contributed by atoms with Crippen LogP contribution in [0.15, 0.2) is 24.3 Å². The highest BCUT2D eigenvalue weighted by atomic mass is 16.5. The van der Waals surface area contributed by atoms with Gasteiger partial charge in [-0.15, -0.1) is 0 Å². The Morgan fingerprint density at radius 3 is 2.37 bits per heavy atom. The Bertz CT molecular complexity index is 329. The Morgan fingerprint density at radius 1 is 1.16 bits per heavy atom. The first kappa shape index (κ1) is 15.8. The van der Waals surface area contributed by atoms with Crippen LogP contribution in [0.3, 0.4) is 0 Å². The number of ether oxygens (including phenoxy) is 3. The van der Waals surface area contributed by atoms with Crippen LogP contribution in [0.1, 0.15) is 6.92 Å². The number of aliphatic hydroxyl groups is 1. The second-order valence-electron chi connectivity index (χ2n) is 4.07. The standard InChI is InChI=1S/C14H23NO4/c1-3-18-13-4-6-14(7-5-13)19-11-12(16)10-15-8-9-17-2/h4-7,12,15-16H,3,8-11H2,1-2H3. The lowest BCUT2D eigenvalue weighted by atomic mass is 10.3. The number of benzene rings is 1. The van der Waals surface area contributed by atoms with Crippen molar-refractivity contribution in [3.63, 3.8) is 0 Å². The first-order chi connectivity index (χ1) is 9.26. The topological polar surface area (TPSA) is 60.0 Å². The zero-order valence-corrected chi connectivity index (χ0v) is 11.6. The van der Waals surface area contributed by atoms with Gasteiger partial charge in [0.25, 0.3) is 0 Å². The van der Waals surface area contributed by atoms with Crippen molar-refractivity contribution in [3.05, 3.63) is 24.3 Å². The fraction of sp³-hybridized carbons (Fsp3) is 0.571. The minimum Gasteiger partial charge on any atom is -0.494 e. The van der Waals surface area contributed by atoms with Crippen LogP contribution >= 0.6 is 0 Å². The van der Waals surface area contributed by atoms with Gasteiger partial charge in [0.1, 0.15) is 24.2 Å². The average molecular weight is 269 g/mol. The molecule has 0 bridgehead atoms. The summed E-state index contributed by atoms with van der Waals surface area (Å²) < 4.78 is 15.7. The Kier molecular flexibility index (Phi) is 7.97. The normalized spacial score (nSPS) is 12.2. The Labute approximate surface area is 114 Å². The minimum absolute atomic E-state index is 0.258. The van der Waals surface area contributed by atoms with E-state index >= 15 is 0 Å². The van der Waals surface area contributed by atoms with Crippen LogP contribution < -0.4 is 14.8 Å². The van der Waals surface area contributed by atoms with E-state index in [1.54, 1.807) is 7.11 Å². The van der Waals surface area contributed by atoms with Crippen LogP contribution in [0.5, 0.6) is 11.5 Å². The first-order valence-electron chi connectivity index (χ1n) is 6.49. The molecule has 0 aliphatic rings. The average Bonchev–Trinajstić information content (AvgIpc) is 2.43. The van der Waals surface area contributed by atoms with Gasteiger partial charge in [0.05, 0.1) is 13.2 Å². The van der Waals surface area contributed by atoms with Crippen LogP contribution in [0, 0.1) is 0 Å². The summed E-state index contributed by atoms with van der Waals surface area (Å²) in [6, 6.07) is 7.36. The second-order valence-corrected chi connectivity index (χ2v) is 4.07. The second kappa shape index (κ2) is 9.61. The molecule has 0 aliphatic carbocycles. The molecule has 1 rings (SSSR count). The van der Waals surface area contributed by atoms with Crippen molar-refractivity contribution in [2.75, 3.05) is 40.0 Å². The van der Waals surface area contributed by atoms with Gasteiger partial charge in [-0.2, -0.15) is 0 Å². The first-order valence-corrected chi connectivity index (χ1v) is 6.49. The van der Waals surface area contributed by atoms with E-state index in [-0.39, 0.29) is 6.61 Å². The summed E-state index contributed by atoms with van der Waals surface area (Å²) in [5.41, 5.74) is 0. The maximum Gasteiger partial charge on any atom is 0.119 e. The van der Waals surface area contributed by atoms with Crippen LogP contribution in [-0.4, -0.2) is 51.2 Å². The quantitative estimate of drug-likeness (QED) is 0.622. The van der Waals surface area contributed by atoms with Gasteiger partial charge in [0.15, 0.2) is 0 Å². The van der Waals surface area contributed by atoms with E-state index in [2.05, 4.69) is 5.32 Å². The van der Waals surface area contributed by atoms with E-state index in [0.717, 1.165) is 18.0 Å². The van der Waals surface area contributed by atoms with Gasteiger partial charge in [-0.25, -0.2) is 0 Å². The zero-order chi connectivity index (χ0) is 13.9. The molecule has 0 heterocycles. The molecule has 5 nitrogen and oxygen atoms in total. The Hall–Kier alpha value is -1.30. The fourth-order valence-electron chi connectivity index (χ4n) is 1.49. The number of rotatable bonds is 10. The van der Waals surface area contributed by atoms with Crippen molar-refractivity contribution in [1.29, 1.82) is 0 Å². The summed E-state index contributed by atoms with van der Waals surface area (Å²) in [6.45, 7) is 4.68. The molecule has 1 atom stereocenters. The molecule has 0 spiro atoms. The molecule has 0 saturated carbocycles. The molecule has 5 heteroatoms. The smallest absolute Gasteiger partial charge is 0.119 e. The molecule has 108 valence electrons. The van der Waals surface area contributed by atoms with Crippen molar-refractivity contribution in [2.24, 2.45) is 0 Å². The summed E-state index contributed by atoms with van der Waals surface area (Å²) in [7, 11) is 1.65. The largest absolute Gasteiger partial charge is 0.494 e. The summed E-state index contributed by atoms with van der Waals surface area (Å²) in [5.74, 6) is 1.54. The van der Waals surface area contributed by atoms with Gasteiger partial charge in [-0.3, -0.25) is 0 Å². The van der Waals surface area contributed by atoms with E-state index in [0.29, 0.717) is 19.8 Å². The van der Waals surface area contributed by atoms with Gasteiger partial charge in [0.2, 0.25) is 0 Å². The summed E-state index contributed by atoms with van der Waals surface area (Å²) in [5, 5.41) is 12.8. The molecule has 2 N–H and O–H groups in total. The van der Waals surface area contributed by atoms with Gasteiger partial charge in [-0.1, -0.05) is 0 Å². The molecule has 0 fully saturated rings. The van der Waals surface area contributed by atoms with E-state index in [4.69, 9.17) is 14.2 Å². The molecule has 0 saturated heterocycles. The molecule has 0 amide bonds. The highest BCUT2D eigenvalue weighted by molar-refractivity contribution is 5.31. The van der Waals surface area contributed by atoms with Crippen LogP contribution in [0.2, 0.25) is 0 Å². The number of nitrogens with one attached hydrogen (secondary N) is 1. The van der Waals surface area contributed by atoms with Gasteiger partial charge < -0.3 is 24.6 Å². The number of hydrogen-bond acceptors (Lipinski definition) is 5. The monoisotopic (exact) mass is 269 g/mol. The maximum absolute atomic E-state index is 9.70. The molecule has 0 radical (unpaired) electrons. The van der Waals surface area contributed by atoms with Crippen LogP contribution in [-0.2, 0) is 4.74 Å². The SMILES string of the molecule is CCOc1ccc(OCC(O)CNCCOC)cc1. The third-order valence-corrected chi connectivity index (χ3v) is 2.44. The Balaban J connectivity index is 2.20. The summed E-state index contributed by atoms with van der Waals surface area (Å²) in [6.07, 6.45) is -0.538. The minimum atomic E-state index is -0.538. The third kappa shape index (κ3) is 7.00. The molecular formula is C14H23NO4. The van der Waals surface area contributed by atoms with E-state index < -0.39 is 6.10 Å². The van der Waals surface area contributed by atoms with Crippen LogP contribution in [0.25, 0.3) is 0 Å². The van der Waals surface area contributed by atoms with Crippen molar-refractivity contribution in [1.82, 2.24) is 5.32 Å². The number of methoxy groups -OCH3 is 1. The maximum atomic E-state index is 9.70. The molecule has 0 aliphatic heterocycles. The molecule has 0 aromatic heterocycles. The van der Waals surface area contributed by atoms with E-state index in [9.17, 15) is 5.11 Å². The highest BCUT2D eigenvalue weighted by Crippen LogP contribution is 2.17. The summed E-state index contributed by atoms with van der Waals surface area (Å²) in [4.78, 5) is 0. The predicted octanol–water partition coefficient (Wildman–Crippen LogP) is 1.06. The number of aliphatic hydroxyl groups excluding tert-OH is 1. The third-order valence-electron chi connectivity index (χ3n) is 2.44. The predicted molar refractivity (Wildman–Crippen MR) is 73.9 cm³/mol. The fourth-order valence-corrected chi connectivity index (χ4v) is 1.49. The number of hydrogen-bond donors (Lipinski definition) is 2. The molecule has 19 heavy (non-hydrogen) atoms. The van der Waals surface area contributed by atoms with Crippen molar-refractivity contribution < 1.29 is 19.3 Å². The van der Waals surface area contributed by atoms with Crippen molar-refractivity contribution in [2.45, 2.75) is 13.0 Å². The molecule has 1 aromatic carbocycles. The van der Waals surface area contributed by atoms with Crippen molar-refractivity contribution in [3.8, 4) is 11.5 Å². The molecule has 1 aromatic rings. The van der Waals surface area contributed by atoms with E-state index in [1.807, 2.05) is 31.2 Å².